The third kappa shape index (κ3) is 2.82. The summed E-state index contributed by atoms with van der Waals surface area (Å²) < 4.78 is 0. The minimum absolute atomic E-state index is 0.673. The molecule has 1 aliphatic heterocycles. The van der Waals surface area contributed by atoms with Crippen LogP contribution in [0.25, 0.3) is 0 Å². The maximum Gasteiger partial charge on any atom is 0.0483 e. The van der Waals surface area contributed by atoms with E-state index in [9.17, 15) is 0 Å². The molecule has 0 aromatic carbocycles. The largest absolute Gasteiger partial charge is 0.301 e. The predicted octanol–water partition coefficient (Wildman–Crippen LogP) is 2.09. The first kappa shape index (κ1) is 11.7. The van der Waals surface area contributed by atoms with Crippen LogP contribution >= 0.6 is 0 Å². The summed E-state index contributed by atoms with van der Waals surface area (Å²) in [4.78, 5) is 2.35. The minimum Gasteiger partial charge on any atom is -0.301 e. The first-order valence-electron chi connectivity index (χ1n) is 5.63. The van der Waals surface area contributed by atoms with Gasteiger partial charge in [0.15, 0.2) is 0 Å². The molecule has 2 nitrogen and oxygen atoms in total. The highest BCUT2D eigenvalue weighted by molar-refractivity contribution is 5.22. The molecular weight excluding hydrogens is 172 g/mol. The molecule has 0 bridgehead atoms. The standard InChI is InChI=1S/C12H24N2/c1-9(2)11-6-13-8-14(5)7-12(11)10(3)4/h9-10,13H,6-8H2,1-5H3. The molecule has 0 radical (unpaired) electrons. The summed E-state index contributed by atoms with van der Waals surface area (Å²) in [6.07, 6.45) is 0. The highest BCUT2D eigenvalue weighted by Gasteiger charge is 2.18. The Morgan fingerprint density at radius 3 is 2.14 bits per heavy atom. The maximum atomic E-state index is 3.48. The Morgan fingerprint density at radius 1 is 1.07 bits per heavy atom. The normalized spacial score (nSPS) is 20.8. The van der Waals surface area contributed by atoms with Crippen LogP contribution in [-0.2, 0) is 0 Å². The second kappa shape index (κ2) is 4.94. The van der Waals surface area contributed by atoms with E-state index >= 15 is 0 Å². The van der Waals surface area contributed by atoms with Crippen molar-refractivity contribution in [2.75, 3.05) is 26.8 Å². The van der Waals surface area contributed by atoms with E-state index in [1.54, 1.807) is 11.1 Å². The van der Waals surface area contributed by atoms with Crippen molar-refractivity contribution in [2.24, 2.45) is 11.8 Å². The molecule has 14 heavy (non-hydrogen) atoms. The number of hydrogen-bond donors (Lipinski definition) is 1. The number of hydrogen-bond acceptors (Lipinski definition) is 2. The van der Waals surface area contributed by atoms with Gasteiger partial charge < -0.3 is 5.32 Å². The fourth-order valence-electron chi connectivity index (χ4n) is 2.07. The fraction of sp³-hybridized carbons (Fsp3) is 0.833. The molecule has 0 aromatic heterocycles. The van der Waals surface area contributed by atoms with Gasteiger partial charge in [-0.25, -0.2) is 0 Å². The Labute approximate surface area is 88.4 Å². The second-order valence-corrected chi connectivity index (χ2v) is 4.96. The van der Waals surface area contributed by atoms with E-state index in [0.717, 1.165) is 19.8 Å². The molecule has 1 heterocycles. The van der Waals surface area contributed by atoms with Crippen LogP contribution in [0.3, 0.4) is 0 Å². The number of likely N-dealkylation sites (N-methyl/N-ethyl adjacent to an activating group) is 1. The van der Waals surface area contributed by atoms with Crippen molar-refractivity contribution in [2.45, 2.75) is 27.7 Å². The number of rotatable bonds is 2. The van der Waals surface area contributed by atoms with E-state index in [2.05, 4.69) is 45.0 Å². The topological polar surface area (TPSA) is 15.3 Å². The summed E-state index contributed by atoms with van der Waals surface area (Å²) in [7, 11) is 2.18. The molecule has 82 valence electrons. The van der Waals surface area contributed by atoms with Crippen molar-refractivity contribution in [3.05, 3.63) is 11.1 Å². The lowest BCUT2D eigenvalue weighted by Crippen LogP contribution is -2.30. The zero-order valence-electron chi connectivity index (χ0n) is 10.2. The van der Waals surface area contributed by atoms with Gasteiger partial charge in [-0.1, -0.05) is 38.8 Å². The molecule has 0 atom stereocenters. The molecule has 0 aromatic rings. The van der Waals surface area contributed by atoms with Crippen LogP contribution in [0, 0.1) is 11.8 Å². The van der Waals surface area contributed by atoms with Crippen LogP contribution in [-0.4, -0.2) is 31.7 Å². The third-order valence-corrected chi connectivity index (χ3v) is 2.94. The molecule has 0 saturated carbocycles. The first-order valence-corrected chi connectivity index (χ1v) is 5.63. The average molecular weight is 196 g/mol. The van der Waals surface area contributed by atoms with Gasteiger partial charge >= 0.3 is 0 Å². The van der Waals surface area contributed by atoms with E-state index in [-0.39, 0.29) is 0 Å². The molecule has 0 fully saturated rings. The van der Waals surface area contributed by atoms with Crippen molar-refractivity contribution < 1.29 is 0 Å². The Hall–Kier alpha value is -0.340. The van der Waals surface area contributed by atoms with Gasteiger partial charge in [0, 0.05) is 19.8 Å². The molecule has 0 unspecified atom stereocenters. The van der Waals surface area contributed by atoms with Gasteiger partial charge in [-0.2, -0.15) is 0 Å². The zero-order valence-corrected chi connectivity index (χ0v) is 10.2. The second-order valence-electron chi connectivity index (χ2n) is 4.96. The summed E-state index contributed by atoms with van der Waals surface area (Å²) in [5.74, 6) is 1.35. The lowest BCUT2D eigenvalue weighted by atomic mass is 9.90. The lowest BCUT2D eigenvalue weighted by Gasteiger charge is -2.21. The van der Waals surface area contributed by atoms with Gasteiger partial charge in [0.1, 0.15) is 0 Å². The first-order chi connectivity index (χ1) is 6.52. The zero-order chi connectivity index (χ0) is 10.7. The van der Waals surface area contributed by atoms with Crippen LogP contribution in [0.15, 0.2) is 11.1 Å². The molecule has 1 N–H and O–H groups in total. The van der Waals surface area contributed by atoms with Crippen LogP contribution in [0.5, 0.6) is 0 Å². The van der Waals surface area contributed by atoms with Crippen LogP contribution in [0.2, 0.25) is 0 Å². The Bertz CT molecular complexity index is 216. The summed E-state index contributed by atoms with van der Waals surface area (Å²) in [6, 6.07) is 0. The summed E-state index contributed by atoms with van der Waals surface area (Å²) in [5, 5.41) is 3.48. The van der Waals surface area contributed by atoms with E-state index in [1.807, 2.05) is 0 Å². The van der Waals surface area contributed by atoms with Gasteiger partial charge in [0.25, 0.3) is 0 Å². The molecule has 0 amide bonds. The van der Waals surface area contributed by atoms with Crippen molar-refractivity contribution in [3.8, 4) is 0 Å². The summed E-state index contributed by atoms with van der Waals surface area (Å²) in [6.45, 7) is 12.4. The van der Waals surface area contributed by atoms with Gasteiger partial charge in [-0.3, -0.25) is 4.90 Å². The SMILES string of the molecule is CC(C)C1=C(C(C)C)CN(C)CNC1. The number of nitrogens with zero attached hydrogens (tertiary/aromatic N) is 1. The predicted molar refractivity (Wildman–Crippen MR) is 62.2 cm³/mol. The maximum absolute atomic E-state index is 3.48. The van der Waals surface area contributed by atoms with Gasteiger partial charge in [0.2, 0.25) is 0 Å². The van der Waals surface area contributed by atoms with Crippen molar-refractivity contribution in [3.63, 3.8) is 0 Å². The summed E-state index contributed by atoms with van der Waals surface area (Å²) >= 11 is 0. The van der Waals surface area contributed by atoms with Crippen molar-refractivity contribution in [1.29, 1.82) is 0 Å². The molecule has 2 heteroatoms. The Morgan fingerprint density at radius 2 is 1.64 bits per heavy atom. The third-order valence-electron chi connectivity index (χ3n) is 2.94. The highest BCUT2D eigenvalue weighted by Crippen LogP contribution is 2.22. The van der Waals surface area contributed by atoms with Gasteiger partial charge in [0.05, 0.1) is 0 Å². The average Bonchev–Trinajstić information content (AvgIpc) is 2.26. The molecule has 0 spiro atoms. The van der Waals surface area contributed by atoms with Gasteiger partial charge in [-0.15, -0.1) is 0 Å². The van der Waals surface area contributed by atoms with Gasteiger partial charge in [-0.05, 0) is 18.9 Å². The minimum atomic E-state index is 0.673. The fourth-order valence-corrected chi connectivity index (χ4v) is 2.07. The number of nitrogens with one attached hydrogen (secondary N) is 1. The monoisotopic (exact) mass is 196 g/mol. The van der Waals surface area contributed by atoms with E-state index in [1.165, 1.54) is 0 Å². The molecular formula is C12H24N2. The summed E-state index contributed by atoms with van der Waals surface area (Å²) in [5.41, 5.74) is 3.25. The molecule has 0 saturated heterocycles. The molecule has 0 aliphatic carbocycles. The molecule has 1 rings (SSSR count). The smallest absolute Gasteiger partial charge is 0.0483 e. The van der Waals surface area contributed by atoms with Crippen molar-refractivity contribution in [1.82, 2.24) is 10.2 Å². The van der Waals surface area contributed by atoms with E-state index in [4.69, 9.17) is 0 Å². The molecule has 1 aliphatic rings. The van der Waals surface area contributed by atoms with Crippen molar-refractivity contribution >= 4 is 0 Å². The van der Waals surface area contributed by atoms with Crippen LogP contribution in [0.1, 0.15) is 27.7 Å². The Balaban J connectivity index is 2.91. The van der Waals surface area contributed by atoms with E-state index in [0.29, 0.717) is 11.8 Å². The van der Waals surface area contributed by atoms with Crippen LogP contribution < -0.4 is 5.32 Å². The Kier molecular flexibility index (Phi) is 4.14. The highest BCUT2D eigenvalue weighted by atomic mass is 15.2. The van der Waals surface area contributed by atoms with E-state index < -0.39 is 0 Å². The quantitative estimate of drug-likeness (QED) is 0.680. The van der Waals surface area contributed by atoms with Crippen LogP contribution in [0.4, 0.5) is 0 Å². The lowest BCUT2D eigenvalue weighted by molar-refractivity contribution is 0.338.